The number of hydrogen-bond acceptors (Lipinski definition) is 2. The Hall–Kier alpha value is 1.23. The van der Waals surface area contributed by atoms with Gasteiger partial charge >= 0.3 is 51.4 Å². The Morgan fingerprint density at radius 1 is 1.62 bits per heavy atom. The number of rotatable bonds is 2. The molecule has 0 aliphatic heterocycles. The molecule has 0 bridgehead atoms. The molecule has 0 aromatic rings. The Labute approximate surface area is 98.0 Å². The zero-order valence-electron chi connectivity index (χ0n) is 4.59. The standard InChI is InChI=1S/C3H10Si2.K.N2.H/c1-2-3-5-4;;1-2;/h2H,1,3,5H2,4H3;;;. The van der Waals surface area contributed by atoms with Crippen molar-refractivity contribution in [2.24, 2.45) is 0 Å². The summed E-state index contributed by atoms with van der Waals surface area (Å²) in [6.45, 7) is 3.61. The summed E-state index contributed by atoms with van der Waals surface area (Å²) in [5.74, 6) is 0. The maximum absolute atomic E-state index is 6.00. The van der Waals surface area contributed by atoms with Crippen LogP contribution in [0.1, 0.15) is 0 Å². The van der Waals surface area contributed by atoms with Gasteiger partial charge in [0.2, 0.25) is 0 Å². The van der Waals surface area contributed by atoms with Gasteiger partial charge in [0.15, 0.2) is 0 Å². The summed E-state index contributed by atoms with van der Waals surface area (Å²) in [6, 6.07) is 1.35. The van der Waals surface area contributed by atoms with Gasteiger partial charge in [0.1, 0.15) is 0 Å². The second-order valence-corrected chi connectivity index (χ2v) is 5.65. The molecule has 0 aromatic heterocycles. The van der Waals surface area contributed by atoms with E-state index in [1.165, 1.54) is 15.8 Å². The molecular weight excluding hydrogens is 159 g/mol. The van der Waals surface area contributed by atoms with Crippen LogP contribution in [-0.4, -0.2) is 70.2 Å². The molecule has 0 amide bonds. The fourth-order valence-corrected chi connectivity index (χ4v) is 1.84. The summed E-state index contributed by atoms with van der Waals surface area (Å²) in [4.78, 5) is 0. The van der Waals surface area contributed by atoms with Crippen molar-refractivity contribution in [2.45, 2.75) is 6.04 Å². The molecule has 0 aliphatic carbocycles. The first-order chi connectivity index (χ1) is 3.41. The zero-order valence-corrected chi connectivity index (χ0v) is 8.01. The van der Waals surface area contributed by atoms with Crippen LogP contribution in [0.4, 0.5) is 0 Å². The van der Waals surface area contributed by atoms with E-state index in [0.717, 1.165) is 0 Å². The van der Waals surface area contributed by atoms with Crippen LogP contribution in [0, 0.1) is 10.8 Å². The van der Waals surface area contributed by atoms with Gasteiger partial charge in [-0.15, -0.1) is 6.58 Å². The van der Waals surface area contributed by atoms with Gasteiger partial charge in [0.25, 0.3) is 0 Å². The summed E-state index contributed by atoms with van der Waals surface area (Å²) in [5, 5.41) is 12.0. The van der Waals surface area contributed by atoms with Crippen LogP contribution < -0.4 is 0 Å². The van der Waals surface area contributed by atoms with Crippen molar-refractivity contribution in [3.63, 3.8) is 0 Å². The quantitative estimate of drug-likeness (QED) is 0.285. The molecule has 0 atom stereocenters. The van der Waals surface area contributed by atoms with Crippen LogP contribution in [0.2, 0.25) is 6.04 Å². The average Bonchev–Trinajstić information content (AvgIpc) is 1.75. The maximum atomic E-state index is 6.00. The van der Waals surface area contributed by atoms with Crippen molar-refractivity contribution in [1.29, 1.82) is 10.8 Å². The van der Waals surface area contributed by atoms with Crippen molar-refractivity contribution in [2.75, 3.05) is 0 Å². The van der Waals surface area contributed by atoms with Gasteiger partial charge in [-0.05, 0) is 15.8 Å². The van der Waals surface area contributed by atoms with Crippen LogP contribution in [0.25, 0.3) is 0 Å². The van der Waals surface area contributed by atoms with Crippen LogP contribution in [0.5, 0.6) is 0 Å². The van der Waals surface area contributed by atoms with Gasteiger partial charge in [-0.3, -0.25) is 0 Å². The van der Waals surface area contributed by atoms with E-state index in [4.69, 9.17) is 10.8 Å². The Balaban J connectivity index is -0.0000000750. The predicted molar refractivity (Wildman–Crippen MR) is 44.1 cm³/mol. The summed E-state index contributed by atoms with van der Waals surface area (Å²) < 4.78 is 0. The third kappa shape index (κ3) is 26.9. The summed E-state index contributed by atoms with van der Waals surface area (Å²) in [6.07, 6.45) is 2.03. The van der Waals surface area contributed by atoms with E-state index in [1.54, 1.807) is 0 Å². The van der Waals surface area contributed by atoms with Crippen LogP contribution in [0.3, 0.4) is 0 Å². The van der Waals surface area contributed by atoms with Crippen molar-refractivity contribution >= 4 is 70.2 Å². The molecule has 0 spiro atoms. The monoisotopic (exact) mass is 170 g/mol. The van der Waals surface area contributed by atoms with E-state index < -0.39 is 0 Å². The Morgan fingerprint density at radius 2 is 2.00 bits per heavy atom. The average molecular weight is 170 g/mol. The van der Waals surface area contributed by atoms with E-state index in [1.807, 2.05) is 6.08 Å². The molecule has 2 nitrogen and oxygen atoms in total. The molecular formula is C3H11KN2Si2. The number of nitrogens with zero attached hydrogens (tertiary/aromatic N) is 2. The van der Waals surface area contributed by atoms with Crippen LogP contribution in [0.15, 0.2) is 12.7 Å². The molecule has 5 heteroatoms. The van der Waals surface area contributed by atoms with Gasteiger partial charge in [-0.1, -0.05) is 6.08 Å². The summed E-state index contributed by atoms with van der Waals surface area (Å²) in [5.41, 5.74) is 0. The van der Waals surface area contributed by atoms with Gasteiger partial charge < -0.3 is 0 Å². The predicted octanol–water partition coefficient (Wildman–Crippen LogP) is -1.58. The van der Waals surface area contributed by atoms with Gasteiger partial charge in [0.05, 0.1) is 0 Å². The van der Waals surface area contributed by atoms with E-state index >= 15 is 0 Å². The first kappa shape index (κ1) is 16.1. The fraction of sp³-hybridized carbons (Fsp3) is 0.333. The third-order valence-electron chi connectivity index (χ3n) is 0.493. The van der Waals surface area contributed by atoms with Crippen LogP contribution >= 0.6 is 0 Å². The zero-order chi connectivity index (χ0) is 6.12. The summed E-state index contributed by atoms with van der Waals surface area (Å²) in [7, 11) is 1.90. The first-order valence-corrected chi connectivity index (χ1v) is 8.88. The SMILES string of the molecule is C=CC[SiH2][SiH3].N#N.[KH]. The second kappa shape index (κ2) is 24.0. The topological polar surface area (TPSA) is 47.6 Å². The normalized spacial score (nSPS) is 6.75. The van der Waals surface area contributed by atoms with E-state index in [2.05, 4.69) is 6.58 Å². The molecule has 0 fully saturated rings. The molecule has 0 aliphatic rings. The molecule has 0 unspecified atom stereocenters. The van der Waals surface area contributed by atoms with Crippen LogP contribution in [-0.2, 0) is 0 Å². The van der Waals surface area contributed by atoms with Gasteiger partial charge in [-0.25, -0.2) is 0 Å². The van der Waals surface area contributed by atoms with Crippen molar-refractivity contribution in [3.8, 4) is 0 Å². The van der Waals surface area contributed by atoms with E-state index in [-0.39, 0.29) is 51.4 Å². The van der Waals surface area contributed by atoms with E-state index in [9.17, 15) is 0 Å². The number of allylic oxidation sites excluding steroid dienone is 1. The molecule has 0 N–H and O–H groups in total. The van der Waals surface area contributed by atoms with Crippen molar-refractivity contribution < 1.29 is 0 Å². The van der Waals surface area contributed by atoms with Crippen molar-refractivity contribution in [3.05, 3.63) is 12.7 Å². The Kier molecular flexibility index (Phi) is 48.4. The molecule has 42 valence electrons. The fourth-order valence-electron chi connectivity index (χ4n) is 0.204. The van der Waals surface area contributed by atoms with Crippen molar-refractivity contribution in [1.82, 2.24) is 0 Å². The molecule has 0 saturated heterocycles. The third-order valence-corrected chi connectivity index (χ3v) is 3.21. The Morgan fingerprint density at radius 3 is 2.00 bits per heavy atom. The second-order valence-electron chi connectivity index (χ2n) is 1.08. The van der Waals surface area contributed by atoms with E-state index in [0.29, 0.717) is 9.04 Å². The molecule has 0 aromatic carbocycles. The minimum atomic E-state index is 0. The van der Waals surface area contributed by atoms with Gasteiger partial charge in [0, 0.05) is 19.8 Å². The molecule has 0 radical (unpaired) electrons. The molecule has 0 rings (SSSR count). The molecule has 0 saturated carbocycles. The van der Waals surface area contributed by atoms with Gasteiger partial charge in [-0.2, -0.15) is 0 Å². The first-order valence-electron chi connectivity index (χ1n) is 2.22. The number of hydrogen-bond donors (Lipinski definition) is 0. The minimum absolute atomic E-state index is 0. The summed E-state index contributed by atoms with van der Waals surface area (Å²) >= 11 is 0. The Bertz CT molecular complexity index is 56.5. The molecule has 8 heavy (non-hydrogen) atoms. The molecule has 0 heterocycles.